The second-order valence-corrected chi connectivity index (χ2v) is 5.43. The van der Waals surface area contributed by atoms with Crippen LogP contribution in [0.5, 0.6) is 0 Å². The highest BCUT2D eigenvalue weighted by Crippen LogP contribution is 2.19. The molecular weight excluding hydrogens is 243 g/mol. The predicted octanol–water partition coefficient (Wildman–Crippen LogP) is 2.85. The lowest BCUT2D eigenvalue weighted by molar-refractivity contribution is 0.150. The van der Waals surface area contributed by atoms with Gasteiger partial charge in [-0.25, -0.2) is 4.39 Å². The van der Waals surface area contributed by atoms with E-state index in [2.05, 4.69) is 19.2 Å². The van der Waals surface area contributed by atoms with E-state index in [-0.39, 0.29) is 11.2 Å². The number of benzene rings is 1. The Bertz CT molecular complexity index is 452. The summed E-state index contributed by atoms with van der Waals surface area (Å²) in [7, 11) is 1.69. The van der Waals surface area contributed by atoms with Crippen LogP contribution in [-0.4, -0.2) is 20.3 Å². The largest absolute Gasteiger partial charge is 0.385 e. The number of nitriles is 1. The third-order valence-electron chi connectivity index (χ3n) is 3.08. The smallest absolute Gasteiger partial charge is 0.127 e. The quantitative estimate of drug-likeness (QED) is 0.823. The highest BCUT2D eigenvalue weighted by molar-refractivity contribution is 5.33. The first kappa shape index (κ1) is 15.6. The van der Waals surface area contributed by atoms with Crippen LogP contribution in [0.15, 0.2) is 18.2 Å². The van der Waals surface area contributed by atoms with Crippen LogP contribution in [-0.2, 0) is 11.3 Å². The van der Waals surface area contributed by atoms with Crippen LogP contribution >= 0.6 is 0 Å². The molecule has 0 atom stereocenters. The summed E-state index contributed by atoms with van der Waals surface area (Å²) in [5, 5.41) is 12.0. The van der Waals surface area contributed by atoms with E-state index < -0.39 is 0 Å². The molecule has 0 fully saturated rings. The molecule has 0 saturated carbocycles. The average molecular weight is 264 g/mol. The van der Waals surface area contributed by atoms with Gasteiger partial charge in [-0.3, -0.25) is 0 Å². The number of ether oxygens (including phenoxy) is 1. The van der Waals surface area contributed by atoms with Crippen molar-refractivity contribution in [3.8, 4) is 6.07 Å². The molecule has 0 aliphatic rings. The topological polar surface area (TPSA) is 45.0 Å². The minimum absolute atomic E-state index is 0.0966. The molecule has 0 aromatic heterocycles. The van der Waals surface area contributed by atoms with Crippen LogP contribution in [0.25, 0.3) is 0 Å². The monoisotopic (exact) mass is 264 g/mol. The van der Waals surface area contributed by atoms with E-state index in [0.29, 0.717) is 24.3 Å². The van der Waals surface area contributed by atoms with Crippen molar-refractivity contribution in [2.45, 2.75) is 26.8 Å². The highest BCUT2D eigenvalue weighted by Gasteiger charge is 2.17. The minimum Gasteiger partial charge on any atom is -0.385 e. The van der Waals surface area contributed by atoms with Gasteiger partial charge < -0.3 is 10.1 Å². The Morgan fingerprint density at radius 2 is 2.16 bits per heavy atom. The molecule has 0 aliphatic carbocycles. The first-order chi connectivity index (χ1) is 8.98. The molecule has 0 spiro atoms. The Balaban J connectivity index is 2.51. The fraction of sp³-hybridized carbons (Fsp3) is 0.533. The number of hydrogen-bond acceptors (Lipinski definition) is 3. The van der Waals surface area contributed by atoms with E-state index >= 15 is 0 Å². The molecule has 1 rings (SSSR count). The Kier molecular flexibility index (Phi) is 5.94. The summed E-state index contributed by atoms with van der Waals surface area (Å²) in [6, 6.07) is 6.43. The maximum absolute atomic E-state index is 13.6. The second-order valence-electron chi connectivity index (χ2n) is 5.43. The second kappa shape index (κ2) is 7.22. The maximum Gasteiger partial charge on any atom is 0.127 e. The summed E-state index contributed by atoms with van der Waals surface area (Å²) in [6.07, 6.45) is 0.942. The van der Waals surface area contributed by atoms with Gasteiger partial charge in [0.15, 0.2) is 0 Å². The van der Waals surface area contributed by atoms with Gasteiger partial charge in [0, 0.05) is 32.4 Å². The van der Waals surface area contributed by atoms with Gasteiger partial charge in [0.1, 0.15) is 5.82 Å². The lowest BCUT2D eigenvalue weighted by atomic mass is 9.89. The molecule has 104 valence electrons. The number of rotatable bonds is 7. The van der Waals surface area contributed by atoms with Gasteiger partial charge in [0.05, 0.1) is 11.6 Å². The fourth-order valence-electron chi connectivity index (χ4n) is 1.78. The fourth-order valence-corrected chi connectivity index (χ4v) is 1.78. The van der Waals surface area contributed by atoms with Gasteiger partial charge in [-0.1, -0.05) is 13.8 Å². The van der Waals surface area contributed by atoms with Gasteiger partial charge in [-0.2, -0.15) is 5.26 Å². The van der Waals surface area contributed by atoms with Crippen molar-refractivity contribution in [1.29, 1.82) is 5.26 Å². The van der Waals surface area contributed by atoms with Crippen LogP contribution in [0.4, 0.5) is 4.39 Å². The standard InChI is InChI=1S/C15H21FN2O/c1-15(2,6-7-19-3)11-18-10-13-8-12(9-17)4-5-14(13)16/h4-5,8,18H,6-7,10-11H2,1-3H3. The Hall–Kier alpha value is -1.44. The van der Waals surface area contributed by atoms with Crippen molar-refractivity contribution in [1.82, 2.24) is 5.32 Å². The molecule has 0 unspecified atom stereocenters. The number of halogens is 1. The number of nitrogens with zero attached hydrogens (tertiary/aromatic N) is 1. The molecule has 0 saturated heterocycles. The Labute approximate surface area is 114 Å². The predicted molar refractivity (Wildman–Crippen MR) is 73.1 cm³/mol. The zero-order chi connectivity index (χ0) is 14.3. The van der Waals surface area contributed by atoms with Crippen molar-refractivity contribution in [3.05, 3.63) is 35.1 Å². The highest BCUT2D eigenvalue weighted by atomic mass is 19.1. The summed E-state index contributed by atoms with van der Waals surface area (Å²) in [5.41, 5.74) is 1.11. The molecule has 1 N–H and O–H groups in total. The lowest BCUT2D eigenvalue weighted by Crippen LogP contribution is -2.30. The van der Waals surface area contributed by atoms with Gasteiger partial charge in [0.2, 0.25) is 0 Å². The van der Waals surface area contributed by atoms with E-state index in [4.69, 9.17) is 10.00 Å². The molecule has 4 heteroatoms. The van der Waals surface area contributed by atoms with E-state index in [1.807, 2.05) is 6.07 Å². The van der Waals surface area contributed by atoms with Crippen molar-refractivity contribution >= 4 is 0 Å². The van der Waals surface area contributed by atoms with Crippen molar-refractivity contribution in [3.63, 3.8) is 0 Å². The molecule has 3 nitrogen and oxygen atoms in total. The van der Waals surface area contributed by atoms with Gasteiger partial charge in [-0.05, 0) is 30.0 Å². The summed E-state index contributed by atoms with van der Waals surface area (Å²) in [5.74, 6) is -0.277. The van der Waals surface area contributed by atoms with E-state index in [1.165, 1.54) is 12.1 Å². The zero-order valence-corrected chi connectivity index (χ0v) is 11.8. The number of hydrogen-bond donors (Lipinski definition) is 1. The minimum atomic E-state index is -0.277. The van der Waals surface area contributed by atoms with Gasteiger partial charge in [-0.15, -0.1) is 0 Å². The Morgan fingerprint density at radius 1 is 1.42 bits per heavy atom. The van der Waals surface area contributed by atoms with Crippen molar-refractivity contribution in [2.75, 3.05) is 20.3 Å². The van der Waals surface area contributed by atoms with Gasteiger partial charge in [0.25, 0.3) is 0 Å². The molecule has 0 amide bonds. The third-order valence-corrected chi connectivity index (χ3v) is 3.08. The summed E-state index contributed by atoms with van der Waals surface area (Å²) in [4.78, 5) is 0. The molecule has 1 aromatic carbocycles. The first-order valence-electron chi connectivity index (χ1n) is 6.37. The molecular formula is C15H21FN2O. The average Bonchev–Trinajstić information content (AvgIpc) is 2.38. The zero-order valence-electron chi connectivity index (χ0n) is 11.8. The SMILES string of the molecule is COCCC(C)(C)CNCc1cc(C#N)ccc1F. The summed E-state index contributed by atoms with van der Waals surface area (Å²) < 4.78 is 18.6. The van der Waals surface area contributed by atoms with Gasteiger partial charge >= 0.3 is 0 Å². The number of nitrogens with one attached hydrogen (secondary N) is 1. The number of methoxy groups -OCH3 is 1. The van der Waals surface area contributed by atoms with E-state index in [1.54, 1.807) is 13.2 Å². The van der Waals surface area contributed by atoms with Crippen molar-refractivity contribution in [2.24, 2.45) is 5.41 Å². The van der Waals surface area contributed by atoms with Crippen LogP contribution < -0.4 is 5.32 Å². The van der Waals surface area contributed by atoms with E-state index in [0.717, 1.165) is 13.0 Å². The molecule has 0 aliphatic heterocycles. The molecule has 1 aromatic rings. The summed E-state index contributed by atoms with van der Waals surface area (Å²) in [6.45, 7) is 6.19. The summed E-state index contributed by atoms with van der Waals surface area (Å²) >= 11 is 0. The molecule has 0 heterocycles. The van der Waals surface area contributed by atoms with Crippen molar-refractivity contribution < 1.29 is 9.13 Å². The molecule has 0 bridgehead atoms. The normalized spacial score (nSPS) is 11.3. The third kappa shape index (κ3) is 5.37. The maximum atomic E-state index is 13.6. The molecule has 0 radical (unpaired) electrons. The van der Waals surface area contributed by atoms with E-state index in [9.17, 15) is 4.39 Å². The first-order valence-corrected chi connectivity index (χ1v) is 6.37. The Morgan fingerprint density at radius 3 is 2.79 bits per heavy atom. The van der Waals surface area contributed by atoms with Crippen LogP contribution in [0.1, 0.15) is 31.4 Å². The molecule has 19 heavy (non-hydrogen) atoms. The van der Waals surface area contributed by atoms with Crippen LogP contribution in [0.3, 0.4) is 0 Å². The lowest BCUT2D eigenvalue weighted by Gasteiger charge is -2.24. The van der Waals surface area contributed by atoms with Crippen LogP contribution in [0.2, 0.25) is 0 Å². The van der Waals surface area contributed by atoms with Crippen LogP contribution in [0, 0.1) is 22.6 Å².